The average Bonchev–Trinajstić information content (AvgIpc) is 3.49. The third-order valence-corrected chi connectivity index (χ3v) is 5.68. The molecule has 1 aliphatic heterocycles. The molecule has 9 heteroatoms. The molecule has 1 N–H and O–H groups in total. The Balaban J connectivity index is 1.42. The first-order chi connectivity index (χ1) is 14.6. The number of benzene rings is 1. The van der Waals surface area contributed by atoms with E-state index in [1.807, 2.05) is 11.6 Å². The van der Waals surface area contributed by atoms with E-state index in [9.17, 15) is 9.59 Å². The van der Waals surface area contributed by atoms with Crippen molar-refractivity contribution in [3.8, 4) is 0 Å². The van der Waals surface area contributed by atoms with E-state index in [2.05, 4.69) is 10.3 Å². The second kappa shape index (κ2) is 9.42. The van der Waals surface area contributed by atoms with Crippen LogP contribution in [-0.4, -0.2) is 35.6 Å². The van der Waals surface area contributed by atoms with Gasteiger partial charge in [-0.15, -0.1) is 11.3 Å². The molecule has 3 aromatic rings. The molecule has 3 heterocycles. The summed E-state index contributed by atoms with van der Waals surface area (Å²) in [5.41, 5.74) is 0.422. The molecular formula is C21H20ClN3O4S. The molecule has 0 bridgehead atoms. The van der Waals surface area contributed by atoms with Crippen molar-refractivity contribution in [3.05, 3.63) is 74.9 Å². The first-order valence-corrected chi connectivity index (χ1v) is 10.8. The van der Waals surface area contributed by atoms with Gasteiger partial charge >= 0.3 is 0 Å². The summed E-state index contributed by atoms with van der Waals surface area (Å²) in [7, 11) is 0. The highest BCUT2D eigenvalue weighted by molar-refractivity contribution is 7.07. The largest absolute Gasteiger partial charge is 0.454 e. The van der Waals surface area contributed by atoms with Crippen LogP contribution in [-0.2, 0) is 11.3 Å². The highest BCUT2D eigenvalue weighted by Gasteiger charge is 2.18. The average molecular weight is 446 g/mol. The molecule has 156 valence electrons. The first kappa shape index (κ1) is 20.6. The van der Waals surface area contributed by atoms with Crippen LogP contribution < -0.4 is 10.1 Å². The number of nitrogens with one attached hydrogen (secondary N) is 1. The zero-order valence-electron chi connectivity index (χ0n) is 16.0. The zero-order chi connectivity index (χ0) is 20.9. The predicted molar refractivity (Wildman–Crippen MR) is 113 cm³/mol. The number of hydrogen-bond acceptors (Lipinski definition) is 5. The Morgan fingerprint density at radius 3 is 3.00 bits per heavy atom. The molecule has 1 aliphatic rings. The first-order valence-electron chi connectivity index (χ1n) is 9.55. The Bertz CT molecular complexity index is 1110. The summed E-state index contributed by atoms with van der Waals surface area (Å²) in [5, 5.41) is 5.15. The Morgan fingerprint density at radius 2 is 2.20 bits per heavy atom. The lowest BCUT2D eigenvalue weighted by Gasteiger charge is -2.09. The summed E-state index contributed by atoms with van der Waals surface area (Å²) < 4.78 is 13.0. The Hall–Kier alpha value is -2.68. The maximum atomic E-state index is 12.4. The van der Waals surface area contributed by atoms with Crippen LogP contribution in [0.2, 0.25) is 5.02 Å². The smallest absolute Gasteiger partial charge is 0.287 e. The van der Waals surface area contributed by atoms with Crippen LogP contribution in [0.3, 0.4) is 0 Å². The third-order valence-electron chi connectivity index (χ3n) is 4.65. The summed E-state index contributed by atoms with van der Waals surface area (Å²) in [4.78, 5) is 29.4. The summed E-state index contributed by atoms with van der Waals surface area (Å²) >= 11 is 7.29. The van der Waals surface area contributed by atoms with Crippen molar-refractivity contribution >= 4 is 34.8 Å². The number of amides is 2. The van der Waals surface area contributed by atoms with E-state index in [-0.39, 0.29) is 23.7 Å². The monoisotopic (exact) mass is 445 g/mol. The van der Waals surface area contributed by atoms with Gasteiger partial charge in [-0.3, -0.25) is 9.59 Å². The van der Waals surface area contributed by atoms with E-state index in [0.29, 0.717) is 34.2 Å². The Morgan fingerprint density at radius 1 is 1.30 bits per heavy atom. The van der Waals surface area contributed by atoms with Gasteiger partial charge in [-0.2, -0.15) is 4.99 Å². The van der Waals surface area contributed by atoms with Crippen LogP contribution in [0.25, 0.3) is 0 Å². The van der Waals surface area contributed by atoms with E-state index < -0.39 is 0 Å². The standard InChI is InChI=1S/C21H20ClN3O4S/c22-15-4-1-3-14(11-15)19(26)24-21-25(8-10-30-21)13-17-6-7-18(29-17)20(27)23-12-16-5-2-9-28-16/h1,3-4,6-8,10-11,16H,2,5,9,12-13H2,(H,23,27). The van der Waals surface area contributed by atoms with Crippen molar-refractivity contribution in [2.45, 2.75) is 25.5 Å². The lowest BCUT2D eigenvalue weighted by Crippen LogP contribution is -2.31. The summed E-state index contributed by atoms with van der Waals surface area (Å²) in [5.74, 6) is 0.190. The molecular weight excluding hydrogens is 426 g/mol. The van der Waals surface area contributed by atoms with Crippen LogP contribution >= 0.6 is 22.9 Å². The fourth-order valence-electron chi connectivity index (χ4n) is 3.13. The van der Waals surface area contributed by atoms with E-state index in [1.54, 1.807) is 41.0 Å². The molecule has 0 aliphatic carbocycles. The lowest BCUT2D eigenvalue weighted by atomic mass is 10.2. The normalized spacial score (nSPS) is 16.7. The molecule has 1 atom stereocenters. The lowest BCUT2D eigenvalue weighted by molar-refractivity contribution is 0.0833. The quantitative estimate of drug-likeness (QED) is 0.629. The maximum Gasteiger partial charge on any atom is 0.287 e. The summed E-state index contributed by atoms with van der Waals surface area (Å²) in [6, 6.07) is 10.1. The Kier molecular flexibility index (Phi) is 6.47. The topological polar surface area (TPSA) is 85.8 Å². The number of nitrogens with zero attached hydrogens (tertiary/aromatic N) is 2. The molecule has 2 aromatic heterocycles. The van der Waals surface area contributed by atoms with Crippen molar-refractivity contribution in [2.24, 2.45) is 4.99 Å². The molecule has 30 heavy (non-hydrogen) atoms. The minimum atomic E-state index is -0.373. The van der Waals surface area contributed by atoms with Crippen molar-refractivity contribution in [2.75, 3.05) is 13.2 Å². The maximum absolute atomic E-state index is 12.4. The van der Waals surface area contributed by atoms with Gasteiger partial charge < -0.3 is 19.0 Å². The zero-order valence-corrected chi connectivity index (χ0v) is 17.6. The van der Waals surface area contributed by atoms with Crippen molar-refractivity contribution in [3.63, 3.8) is 0 Å². The number of rotatable bonds is 6. The number of aromatic nitrogens is 1. The van der Waals surface area contributed by atoms with Crippen LogP contribution in [0.4, 0.5) is 0 Å². The molecule has 1 fully saturated rings. The van der Waals surface area contributed by atoms with Crippen molar-refractivity contribution in [1.29, 1.82) is 0 Å². The molecule has 1 aromatic carbocycles. The van der Waals surface area contributed by atoms with Gasteiger partial charge in [0.25, 0.3) is 11.8 Å². The minimum Gasteiger partial charge on any atom is -0.454 e. The highest BCUT2D eigenvalue weighted by Crippen LogP contribution is 2.13. The Labute approximate surface area is 182 Å². The molecule has 1 saturated heterocycles. The third kappa shape index (κ3) is 5.08. The second-order valence-corrected chi connectivity index (χ2v) is 8.16. The molecule has 0 spiro atoms. The van der Waals surface area contributed by atoms with Crippen LogP contribution in [0.5, 0.6) is 0 Å². The van der Waals surface area contributed by atoms with E-state index >= 15 is 0 Å². The molecule has 1 unspecified atom stereocenters. The van der Waals surface area contributed by atoms with Gasteiger partial charge in [-0.25, -0.2) is 0 Å². The molecule has 0 radical (unpaired) electrons. The van der Waals surface area contributed by atoms with Crippen molar-refractivity contribution < 1.29 is 18.7 Å². The SMILES string of the molecule is O=C(N=c1sccn1Cc1ccc(C(=O)NCC2CCCO2)o1)c1cccc(Cl)c1. The molecule has 4 rings (SSSR count). The van der Waals surface area contributed by atoms with Crippen LogP contribution in [0, 0.1) is 0 Å². The van der Waals surface area contributed by atoms with Gasteiger partial charge in [-0.05, 0) is 43.2 Å². The summed E-state index contributed by atoms with van der Waals surface area (Å²) in [6.45, 7) is 1.57. The minimum absolute atomic E-state index is 0.0750. The predicted octanol–water partition coefficient (Wildman–Crippen LogP) is 3.49. The number of carbonyl (C=O) groups excluding carboxylic acids is 2. The van der Waals surface area contributed by atoms with Gasteiger partial charge in [0.15, 0.2) is 10.6 Å². The molecule has 7 nitrogen and oxygen atoms in total. The molecule has 0 saturated carbocycles. The number of halogens is 1. The fourth-order valence-corrected chi connectivity index (χ4v) is 4.05. The van der Waals surface area contributed by atoms with Gasteiger partial charge in [0.05, 0.1) is 12.6 Å². The number of furan rings is 1. The number of ether oxygens (including phenoxy) is 1. The highest BCUT2D eigenvalue weighted by atomic mass is 35.5. The number of thiazole rings is 1. The van der Waals surface area contributed by atoms with Gasteiger partial charge in [0.1, 0.15) is 5.76 Å². The van der Waals surface area contributed by atoms with Gasteiger partial charge in [-0.1, -0.05) is 17.7 Å². The number of carbonyl (C=O) groups is 2. The summed E-state index contributed by atoms with van der Waals surface area (Å²) in [6.07, 6.45) is 3.87. The second-order valence-electron chi connectivity index (χ2n) is 6.85. The van der Waals surface area contributed by atoms with Crippen molar-refractivity contribution in [1.82, 2.24) is 9.88 Å². The van der Waals surface area contributed by atoms with Gasteiger partial charge in [0.2, 0.25) is 0 Å². The van der Waals surface area contributed by atoms with E-state index in [4.69, 9.17) is 20.8 Å². The van der Waals surface area contributed by atoms with Crippen LogP contribution in [0.1, 0.15) is 39.5 Å². The van der Waals surface area contributed by atoms with Crippen LogP contribution in [0.15, 0.2) is 57.4 Å². The van der Waals surface area contributed by atoms with E-state index in [0.717, 1.165) is 19.4 Å². The fraction of sp³-hybridized carbons (Fsp3) is 0.286. The molecule has 2 amide bonds. The van der Waals surface area contributed by atoms with Gasteiger partial charge in [0, 0.05) is 35.3 Å². The number of hydrogen-bond donors (Lipinski definition) is 1. The van der Waals surface area contributed by atoms with E-state index in [1.165, 1.54) is 11.3 Å².